The van der Waals surface area contributed by atoms with Gasteiger partial charge in [0.2, 0.25) is 0 Å². The number of hydrogen-bond acceptors (Lipinski definition) is 2. The van der Waals surface area contributed by atoms with Crippen LogP contribution >= 0.6 is 0 Å². The number of primary amides is 1. The van der Waals surface area contributed by atoms with Gasteiger partial charge in [0.15, 0.2) is 5.75 Å². The molecule has 0 unspecified atom stereocenters. The van der Waals surface area contributed by atoms with E-state index in [4.69, 9.17) is 5.73 Å². The van der Waals surface area contributed by atoms with E-state index in [1.54, 1.807) is 6.07 Å². The van der Waals surface area contributed by atoms with E-state index in [1.165, 1.54) is 18.3 Å². The van der Waals surface area contributed by atoms with Crippen molar-refractivity contribution in [1.29, 1.82) is 0 Å². The number of nitrogens with one attached hydrogen (secondary N) is 1. The molecule has 0 saturated carbocycles. The summed E-state index contributed by atoms with van der Waals surface area (Å²) in [5, 5.41) is 0.490. The third kappa shape index (κ3) is 1.39. The molecule has 72 valence electrons. The zero-order valence-corrected chi connectivity index (χ0v) is 7.08. The Balaban J connectivity index is 2.55. The van der Waals surface area contributed by atoms with Gasteiger partial charge in [-0.25, -0.2) is 9.18 Å². The predicted octanol–water partition coefficient (Wildman–Crippen LogP) is 1.76. The summed E-state index contributed by atoms with van der Waals surface area (Å²) < 4.78 is 17.5. The minimum absolute atomic E-state index is 0.229. The molecule has 0 saturated heterocycles. The van der Waals surface area contributed by atoms with Gasteiger partial charge < -0.3 is 15.5 Å². The average Bonchev–Trinajstić information content (AvgIpc) is 2.47. The van der Waals surface area contributed by atoms with Crippen molar-refractivity contribution in [1.82, 2.24) is 4.98 Å². The first-order valence-corrected chi connectivity index (χ1v) is 3.91. The van der Waals surface area contributed by atoms with E-state index < -0.39 is 11.9 Å². The fraction of sp³-hybridized carbons (Fsp3) is 0. The summed E-state index contributed by atoms with van der Waals surface area (Å²) in [5.74, 6) is -0.168. The lowest BCUT2D eigenvalue weighted by atomic mass is 10.2. The second-order valence-corrected chi connectivity index (χ2v) is 2.76. The monoisotopic (exact) mass is 194 g/mol. The van der Waals surface area contributed by atoms with Crippen molar-refractivity contribution in [2.75, 3.05) is 0 Å². The van der Waals surface area contributed by atoms with Crippen LogP contribution < -0.4 is 10.5 Å². The van der Waals surface area contributed by atoms with Gasteiger partial charge >= 0.3 is 6.09 Å². The minimum atomic E-state index is -0.921. The van der Waals surface area contributed by atoms with Crippen molar-refractivity contribution < 1.29 is 13.9 Å². The largest absolute Gasteiger partial charge is 0.410 e. The van der Waals surface area contributed by atoms with Crippen molar-refractivity contribution in [3.63, 3.8) is 0 Å². The van der Waals surface area contributed by atoms with E-state index >= 15 is 0 Å². The van der Waals surface area contributed by atoms with Gasteiger partial charge in [-0.1, -0.05) is 0 Å². The molecule has 0 aliphatic rings. The fourth-order valence-corrected chi connectivity index (χ4v) is 1.26. The molecule has 1 aromatic carbocycles. The molecule has 0 radical (unpaired) electrons. The Labute approximate surface area is 78.5 Å². The van der Waals surface area contributed by atoms with Crippen LogP contribution in [0.1, 0.15) is 0 Å². The second-order valence-electron chi connectivity index (χ2n) is 2.76. The third-order valence-electron chi connectivity index (χ3n) is 1.82. The Hall–Kier alpha value is -2.04. The molecule has 0 atom stereocenters. The van der Waals surface area contributed by atoms with Crippen molar-refractivity contribution >= 4 is 17.0 Å². The molecule has 0 fully saturated rings. The lowest BCUT2D eigenvalue weighted by molar-refractivity contribution is 0.211. The maximum Gasteiger partial charge on any atom is 0.410 e. The molecule has 0 aliphatic carbocycles. The third-order valence-corrected chi connectivity index (χ3v) is 1.82. The summed E-state index contributed by atoms with van der Waals surface area (Å²) in [6.07, 6.45) is 0.532. The number of aromatic nitrogens is 1. The van der Waals surface area contributed by atoms with Gasteiger partial charge in [0.25, 0.3) is 0 Å². The first-order valence-electron chi connectivity index (χ1n) is 3.91. The molecular formula is C9H7FN2O2. The molecule has 5 heteroatoms. The number of fused-ring (bicyclic) bond motifs is 1. The lowest BCUT2D eigenvalue weighted by Gasteiger charge is -1.97. The van der Waals surface area contributed by atoms with Crippen LogP contribution in [0.5, 0.6) is 5.75 Å². The quantitative estimate of drug-likeness (QED) is 0.726. The fourth-order valence-electron chi connectivity index (χ4n) is 1.26. The van der Waals surface area contributed by atoms with Crippen LogP contribution in [-0.2, 0) is 0 Å². The molecule has 1 aromatic heterocycles. The highest BCUT2D eigenvalue weighted by atomic mass is 19.1. The van der Waals surface area contributed by atoms with E-state index in [9.17, 15) is 9.18 Å². The number of aromatic amines is 1. The highest BCUT2D eigenvalue weighted by Crippen LogP contribution is 2.25. The maximum atomic E-state index is 12.8. The normalized spacial score (nSPS) is 10.4. The predicted molar refractivity (Wildman–Crippen MR) is 48.5 cm³/mol. The van der Waals surface area contributed by atoms with E-state index in [0.29, 0.717) is 10.9 Å². The molecule has 2 aromatic rings. The Kier molecular flexibility index (Phi) is 1.85. The van der Waals surface area contributed by atoms with Crippen LogP contribution in [0, 0.1) is 5.82 Å². The molecule has 1 heterocycles. The van der Waals surface area contributed by atoms with Gasteiger partial charge in [0.1, 0.15) is 5.82 Å². The van der Waals surface area contributed by atoms with E-state index in [-0.39, 0.29) is 5.75 Å². The van der Waals surface area contributed by atoms with Crippen LogP contribution in [-0.4, -0.2) is 11.1 Å². The molecule has 0 bridgehead atoms. The van der Waals surface area contributed by atoms with Gasteiger partial charge in [-0.15, -0.1) is 0 Å². The number of rotatable bonds is 1. The highest BCUT2D eigenvalue weighted by molar-refractivity contribution is 5.88. The summed E-state index contributed by atoms with van der Waals surface area (Å²) >= 11 is 0. The van der Waals surface area contributed by atoms with Gasteiger partial charge in [-0.2, -0.15) is 0 Å². The van der Waals surface area contributed by atoms with Gasteiger partial charge in [0.05, 0.1) is 0 Å². The smallest absolute Gasteiger partial charge is 0.408 e. The molecule has 2 rings (SSSR count). The van der Waals surface area contributed by atoms with Crippen LogP contribution in [0.3, 0.4) is 0 Å². The van der Waals surface area contributed by atoms with Crippen molar-refractivity contribution in [3.05, 3.63) is 30.2 Å². The Morgan fingerprint density at radius 1 is 1.50 bits per heavy atom. The molecule has 0 spiro atoms. The number of nitrogens with two attached hydrogens (primary N) is 1. The Bertz CT molecular complexity index is 493. The van der Waals surface area contributed by atoms with Crippen LogP contribution in [0.4, 0.5) is 9.18 Å². The number of carbonyl (C=O) groups excluding carboxylic acids is 1. The van der Waals surface area contributed by atoms with E-state index in [0.717, 1.165) is 0 Å². The minimum Gasteiger partial charge on any atom is -0.408 e. The van der Waals surface area contributed by atoms with Crippen molar-refractivity contribution in [2.24, 2.45) is 5.73 Å². The van der Waals surface area contributed by atoms with Gasteiger partial charge in [-0.3, -0.25) is 0 Å². The average molecular weight is 194 g/mol. The molecule has 3 N–H and O–H groups in total. The van der Waals surface area contributed by atoms with Crippen LogP contribution in [0.25, 0.3) is 10.9 Å². The summed E-state index contributed by atoms with van der Waals surface area (Å²) in [5.41, 5.74) is 5.53. The number of H-pyrrole nitrogens is 1. The van der Waals surface area contributed by atoms with Crippen LogP contribution in [0.2, 0.25) is 0 Å². The number of halogens is 1. The number of ether oxygens (including phenoxy) is 1. The second kappa shape index (κ2) is 3.02. The Morgan fingerprint density at radius 2 is 2.29 bits per heavy atom. The van der Waals surface area contributed by atoms with E-state index in [2.05, 4.69) is 9.72 Å². The molecular weight excluding hydrogens is 187 g/mol. The SMILES string of the molecule is NC(=O)Oc1c[nH]c2ccc(F)cc12. The first kappa shape index (κ1) is 8.55. The molecule has 0 aliphatic heterocycles. The summed E-state index contributed by atoms with van der Waals surface area (Å²) in [7, 11) is 0. The van der Waals surface area contributed by atoms with Crippen molar-refractivity contribution in [2.45, 2.75) is 0 Å². The standard InChI is InChI=1S/C9H7FN2O2/c10-5-1-2-7-6(3-5)8(4-12-7)14-9(11)13/h1-4,12H,(H2,11,13). The van der Waals surface area contributed by atoms with Gasteiger partial charge in [-0.05, 0) is 18.2 Å². The van der Waals surface area contributed by atoms with Crippen LogP contribution in [0.15, 0.2) is 24.4 Å². The van der Waals surface area contributed by atoms with Gasteiger partial charge in [0, 0.05) is 17.1 Å². The van der Waals surface area contributed by atoms with E-state index in [1.807, 2.05) is 0 Å². The number of benzene rings is 1. The maximum absolute atomic E-state index is 12.8. The molecule has 4 nitrogen and oxygen atoms in total. The topological polar surface area (TPSA) is 68.1 Å². The lowest BCUT2D eigenvalue weighted by Crippen LogP contribution is -2.15. The Morgan fingerprint density at radius 3 is 3.00 bits per heavy atom. The summed E-state index contributed by atoms with van der Waals surface area (Å²) in [6.45, 7) is 0. The number of carbonyl (C=O) groups is 1. The van der Waals surface area contributed by atoms with Crippen molar-refractivity contribution in [3.8, 4) is 5.75 Å². The zero-order chi connectivity index (χ0) is 10.1. The highest BCUT2D eigenvalue weighted by Gasteiger charge is 2.07. The first-order chi connectivity index (χ1) is 6.66. The molecule has 14 heavy (non-hydrogen) atoms. The zero-order valence-electron chi connectivity index (χ0n) is 7.08. The summed E-state index contributed by atoms with van der Waals surface area (Å²) in [4.78, 5) is 13.3. The summed E-state index contributed by atoms with van der Waals surface area (Å²) in [6, 6.07) is 4.13. The molecule has 1 amide bonds. The number of amides is 1. The number of hydrogen-bond donors (Lipinski definition) is 2.